The molecule has 19 heavy (non-hydrogen) atoms. The molecular weight excluding hydrogens is 236 g/mol. The lowest BCUT2D eigenvalue weighted by atomic mass is 10.0. The number of carbonyl (C=O) groups is 1. The fourth-order valence-electron chi connectivity index (χ4n) is 2.41. The lowest BCUT2D eigenvalue weighted by molar-refractivity contribution is -0.116. The Morgan fingerprint density at radius 2 is 2.00 bits per heavy atom. The molecule has 104 valence electrons. The van der Waals surface area contributed by atoms with E-state index in [1.54, 1.807) is 0 Å². The topological polar surface area (TPSA) is 41.1 Å². The van der Waals surface area contributed by atoms with Crippen LogP contribution in [0.15, 0.2) is 18.2 Å². The standard InChI is InChI=1S/C16H24N2O/c1-11(2)4-5-12(3)17-14-7-8-15-13(10-14)6-9-16(19)18-15/h7-8,10-12,17H,4-6,9H2,1-3H3,(H,18,19). The molecule has 1 aromatic carbocycles. The molecule has 1 atom stereocenters. The van der Waals surface area contributed by atoms with Gasteiger partial charge in [-0.1, -0.05) is 13.8 Å². The monoisotopic (exact) mass is 260 g/mol. The molecule has 1 aliphatic heterocycles. The maximum atomic E-state index is 11.3. The average Bonchev–Trinajstić information content (AvgIpc) is 2.36. The summed E-state index contributed by atoms with van der Waals surface area (Å²) < 4.78 is 0. The van der Waals surface area contributed by atoms with Crippen molar-refractivity contribution in [3.8, 4) is 0 Å². The Hall–Kier alpha value is -1.51. The summed E-state index contributed by atoms with van der Waals surface area (Å²) in [5.41, 5.74) is 3.36. The first-order valence-electron chi connectivity index (χ1n) is 7.24. The highest BCUT2D eigenvalue weighted by atomic mass is 16.1. The Morgan fingerprint density at radius 3 is 2.74 bits per heavy atom. The van der Waals surface area contributed by atoms with Crippen molar-refractivity contribution in [3.63, 3.8) is 0 Å². The van der Waals surface area contributed by atoms with Gasteiger partial charge in [0, 0.05) is 23.8 Å². The lowest BCUT2D eigenvalue weighted by Gasteiger charge is -2.20. The van der Waals surface area contributed by atoms with Gasteiger partial charge in [-0.3, -0.25) is 4.79 Å². The van der Waals surface area contributed by atoms with Crippen molar-refractivity contribution in [2.24, 2.45) is 5.92 Å². The zero-order valence-corrected chi connectivity index (χ0v) is 12.1. The first kappa shape index (κ1) is 13.9. The highest BCUT2D eigenvalue weighted by molar-refractivity contribution is 5.94. The molecule has 0 fully saturated rings. The minimum absolute atomic E-state index is 0.124. The van der Waals surface area contributed by atoms with E-state index in [2.05, 4.69) is 43.5 Å². The van der Waals surface area contributed by atoms with Gasteiger partial charge in [-0.15, -0.1) is 0 Å². The molecule has 3 heteroatoms. The van der Waals surface area contributed by atoms with Gasteiger partial charge in [-0.05, 0) is 55.9 Å². The maximum Gasteiger partial charge on any atom is 0.224 e. The number of aryl methyl sites for hydroxylation is 1. The molecule has 0 aromatic heterocycles. The van der Waals surface area contributed by atoms with Crippen LogP contribution in [0.25, 0.3) is 0 Å². The van der Waals surface area contributed by atoms with E-state index in [-0.39, 0.29) is 5.91 Å². The van der Waals surface area contributed by atoms with E-state index in [9.17, 15) is 4.79 Å². The van der Waals surface area contributed by atoms with Crippen molar-refractivity contribution in [3.05, 3.63) is 23.8 Å². The van der Waals surface area contributed by atoms with Gasteiger partial charge in [-0.25, -0.2) is 0 Å². The molecule has 0 saturated carbocycles. The molecule has 1 aliphatic rings. The van der Waals surface area contributed by atoms with Crippen molar-refractivity contribution < 1.29 is 4.79 Å². The lowest BCUT2D eigenvalue weighted by Crippen LogP contribution is -2.20. The van der Waals surface area contributed by atoms with Crippen LogP contribution >= 0.6 is 0 Å². The van der Waals surface area contributed by atoms with Crippen LogP contribution in [0.3, 0.4) is 0 Å². The Kier molecular flexibility index (Phi) is 4.46. The molecule has 0 bridgehead atoms. The molecule has 1 amide bonds. The third kappa shape index (κ3) is 3.98. The number of carbonyl (C=O) groups excluding carboxylic acids is 1. The summed E-state index contributed by atoms with van der Waals surface area (Å²) in [6.07, 6.45) is 3.87. The van der Waals surface area contributed by atoms with E-state index in [1.807, 2.05) is 6.07 Å². The number of hydrogen-bond acceptors (Lipinski definition) is 2. The molecule has 0 aliphatic carbocycles. The summed E-state index contributed by atoms with van der Waals surface area (Å²) in [4.78, 5) is 11.3. The van der Waals surface area contributed by atoms with Crippen LogP contribution in [0, 0.1) is 5.92 Å². The van der Waals surface area contributed by atoms with Gasteiger partial charge in [0.15, 0.2) is 0 Å². The molecule has 0 radical (unpaired) electrons. The summed E-state index contributed by atoms with van der Waals surface area (Å²) in [5, 5.41) is 6.46. The molecule has 2 rings (SSSR count). The smallest absolute Gasteiger partial charge is 0.224 e. The van der Waals surface area contributed by atoms with Crippen molar-refractivity contribution >= 4 is 17.3 Å². The van der Waals surface area contributed by atoms with Crippen molar-refractivity contribution in [1.82, 2.24) is 0 Å². The second kappa shape index (κ2) is 6.09. The number of hydrogen-bond donors (Lipinski definition) is 2. The third-order valence-corrected chi connectivity index (χ3v) is 3.59. The van der Waals surface area contributed by atoms with E-state index in [1.165, 1.54) is 18.4 Å². The molecule has 1 heterocycles. The van der Waals surface area contributed by atoms with Gasteiger partial charge >= 0.3 is 0 Å². The van der Waals surface area contributed by atoms with Crippen LogP contribution in [0.5, 0.6) is 0 Å². The van der Waals surface area contributed by atoms with Crippen LogP contribution in [-0.2, 0) is 11.2 Å². The van der Waals surface area contributed by atoms with Gasteiger partial charge in [0.2, 0.25) is 5.91 Å². The van der Waals surface area contributed by atoms with Crippen molar-refractivity contribution in [2.45, 2.75) is 52.5 Å². The first-order chi connectivity index (χ1) is 9.04. The van der Waals surface area contributed by atoms with E-state index in [0.29, 0.717) is 12.5 Å². The predicted molar refractivity (Wildman–Crippen MR) is 80.5 cm³/mol. The van der Waals surface area contributed by atoms with E-state index < -0.39 is 0 Å². The van der Waals surface area contributed by atoms with Gasteiger partial charge < -0.3 is 10.6 Å². The van der Waals surface area contributed by atoms with Crippen LogP contribution in [0.2, 0.25) is 0 Å². The minimum Gasteiger partial charge on any atom is -0.383 e. The highest BCUT2D eigenvalue weighted by Gasteiger charge is 2.15. The van der Waals surface area contributed by atoms with E-state index >= 15 is 0 Å². The number of amides is 1. The summed E-state index contributed by atoms with van der Waals surface area (Å²) >= 11 is 0. The summed E-state index contributed by atoms with van der Waals surface area (Å²) in [7, 11) is 0. The van der Waals surface area contributed by atoms with Crippen molar-refractivity contribution in [1.29, 1.82) is 0 Å². The summed E-state index contributed by atoms with van der Waals surface area (Å²) in [5.74, 6) is 0.876. The van der Waals surface area contributed by atoms with E-state index in [0.717, 1.165) is 23.7 Å². The van der Waals surface area contributed by atoms with Crippen LogP contribution < -0.4 is 10.6 Å². The minimum atomic E-state index is 0.124. The van der Waals surface area contributed by atoms with Crippen LogP contribution in [-0.4, -0.2) is 11.9 Å². The number of anilines is 2. The third-order valence-electron chi connectivity index (χ3n) is 3.59. The summed E-state index contributed by atoms with van der Waals surface area (Å²) in [6.45, 7) is 6.74. The zero-order valence-electron chi connectivity index (χ0n) is 12.1. The molecule has 2 N–H and O–H groups in total. The Bertz CT molecular complexity index is 454. The Labute approximate surface area is 115 Å². The highest BCUT2D eigenvalue weighted by Crippen LogP contribution is 2.26. The predicted octanol–water partition coefficient (Wildman–Crippen LogP) is 3.81. The van der Waals surface area contributed by atoms with E-state index in [4.69, 9.17) is 0 Å². The molecule has 1 aromatic rings. The van der Waals surface area contributed by atoms with Crippen LogP contribution in [0.4, 0.5) is 11.4 Å². The summed E-state index contributed by atoms with van der Waals surface area (Å²) in [6, 6.07) is 6.71. The first-order valence-corrected chi connectivity index (χ1v) is 7.24. The zero-order chi connectivity index (χ0) is 13.8. The SMILES string of the molecule is CC(C)CCC(C)Nc1ccc2c(c1)CCC(=O)N2. The number of fused-ring (bicyclic) bond motifs is 1. The normalized spacial score (nSPS) is 15.9. The molecule has 1 unspecified atom stereocenters. The Balaban J connectivity index is 1.96. The average molecular weight is 260 g/mol. The fraction of sp³-hybridized carbons (Fsp3) is 0.562. The molecular formula is C16H24N2O. The van der Waals surface area contributed by atoms with Gasteiger partial charge in [0.25, 0.3) is 0 Å². The second-order valence-corrected chi connectivity index (χ2v) is 5.94. The molecule has 0 spiro atoms. The fourth-order valence-corrected chi connectivity index (χ4v) is 2.41. The quantitative estimate of drug-likeness (QED) is 0.845. The molecule has 3 nitrogen and oxygen atoms in total. The number of rotatable bonds is 5. The number of nitrogens with one attached hydrogen (secondary N) is 2. The van der Waals surface area contributed by atoms with Gasteiger partial charge in [-0.2, -0.15) is 0 Å². The number of benzene rings is 1. The van der Waals surface area contributed by atoms with Gasteiger partial charge in [0.05, 0.1) is 0 Å². The van der Waals surface area contributed by atoms with Gasteiger partial charge in [0.1, 0.15) is 0 Å². The molecule has 0 saturated heterocycles. The largest absolute Gasteiger partial charge is 0.383 e. The second-order valence-electron chi connectivity index (χ2n) is 5.94. The maximum absolute atomic E-state index is 11.3. The van der Waals surface area contributed by atoms with Crippen molar-refractivity contribution in [2.75, 3.05) is 10.6 Å². The van der Waals surface area contributed by atoms with Crippen LogP contribution in [0.1, 0.15) is 45.6 Å². The Morgan fingerprint density at radius 1 is 1.21 bits per heavy atom.